The van der Waals surface area contributed by atoms with Crippen LogP contribution >= 0.6 is 0 Å². The largest absolute Gasteiger partial charge is 0.586 e. The Morgan fingerprint density at radius 1 is 1.08 bits per heavy atom. The number of imidazole rings is 1. The quantitative estimate of drug-likeness (QED) is 0.236. The third kappa shape index (κ3) is 1.25. The summed E-state index contributed by atoms with van der Waals surface area (Å²) in [5.41, 5.74) is 8.01. The number of fused-ring (bicyclic) bond motifs is 1. The van der Waals surface area contributed by atoms with Crippen molar-refractivity contribution < 1.29 is 9.05 Å². The lowest BCUT2D eigenvalue weighted by atomic mass is 9.61. The fourth-order valence-corrected chi connectivity index (χ4v) is 5.14. The smallest absolute Gasteiger partial charge is 0.285 e. The summed E-state index contributed by atoms with van der Waals surface area (Å²) in [7, 11) is 6.40. The number of nitrogens with zero attached hydrogens (tertiary/aromatic N) is 3. The molecule has 120 valence electrons. The van der Waals surface area contributed by atoms with Crippen LogP contribution in [-0.2, 0) is 17.4 Å². The molecular weight excluding hydrogens is 305 g/mol. The van der Waals surface area contributed by atoms with Gasteiger partial charge in [-0.1, -0.05) is 39.8 Å². The van der Waals surface area contributed by atoms with Crippen LogP contribution in [0.4, 0.5) is 0 Å². The van der Waals surface area contributed by atoms with Crippen LogP contribution in [0.5, 0.6) is 0 Å². The highest BCUT2D eigenvalue weighted by molar-refractivity contribution is 6.13. The van der Waals surface area contributed by atoms with E-state index < -0.39 is 0 Å². The molecule has 0 spiro atoms. The van der Waals surface area contributed by atoms with Crippen molar-refractivity contribution in [1.82, 2.24) is 4.40 Å². The van der Waals surface area contributed by atoms with E-state index in [1.54, 1.807) is 4.48 Å². The third-order valence-electron chi connectivity index (χ3n) is 7.21. The van der Waals surface area contributed by atoms with E-state index in [2.05, 4.69) is 67.1 Å². The fraction of sp³-hybridized carbons (Fsp3) is 0.333. The van der Waals surface area contributed by atoms with E-state index >= 15 is 0 Å². The van der Waals surface area contributed by atoms with Crippen LogP contribution in [0, 0.1) is 0 Å². The molecule has 0 saturated heterocycles. The summed E-state index contributed by atoms with van der Waals surface area (Å²) in [6, 6.07) is 8.87. The minimum absolute atomic E-state index is 0.0372. The zero-order valence-electron chi connectivity index (χ0n) is 15.1. The zero-order valence-corrected chi connectivity index (χ0v) is 15.1. The van der Waals surface area contributed by atoms with Crippen molar-refractivity contribution >= 4 is 35.4 Å². The first-order valence-corrected chi connectivity index (χ1v) is 8.97. The molecule has 3 nitrogen and oxygen atoms in total. The summed E-state index contributed by atoms with van der Waals surface area (Å²) in [5.74, 6) is 0. The molecule has 2 aliphatic heterocycles. The number of pyridine rings is 2. The molecule has 0 saturated carbocycles. The number of para-hydroxylation sites is 1. The lowest BCUT2D eigenvalue weighted by Gasteiger charge is -2.42. The monoisotopic (exact) mass is 325 g/mol. The molecule has 1 aromatic carbocycles. The van der Waals surface area contributed by atoms with Crippen molar-refractivity contribution in [3.63, 3.8) is 0 Å². The number of benzene rings is 1. The molecule has 4 heteroatoms. The van der Waals surface area contributed by atoms with Crippen LogP contribution in [0.25, 0.3) is 27.5 Å². The molecule has 0 unspecified atom stereocenters. The molecule has 6 rings (SSSR count). The molecule has 2 radical (unpaired) electrons. The second-order valence-corrected chi connectivity index (χ2v) is 8.72. The van der Waals surface area contributed by atoms with E-state index in [-0.39, 0.29) is 10.8 Å². The molecule has 2 aliphatic rings. The van der Waals surface area contributed by atoms with Crippen LogP contribution < -0.4 is 9.05 Å². The summed E-state index contributed by atoms with van der Waals surface area (Å²) in [5, 5.41) is 2.55. The van der Waals surface area contributed by atoms with Gasteiger partial charge >= 0.3 is 13.6 Å². The van der Waals surface area contributed by atoms with Crippen molar-refractivity contribution in [2.45, 2.75) is 45.1 Å². The zero-order chi connectivity index (χ0) is 17.3. The van der Waals surface area contributed by atoms with E-state index in [1.807, 2.05) is 6.20 Å². The van der Waals surface area contributed by atoms with E-state index in [0.717, 1.165) is 12.1 Å². The molecule has 0 bridgehead atoms. The normalized spacial score (nSPS) is 19.0. The standard InChI is InChI=1S/C21H20BN3/c1-20(2)14-7-5-6-13-17(14)25-15(21(20,3)4)11-23-10-12-8-9-24(22)18(13)16(12)19(23)25/h5-9,11H,10H2,1-4H3/q+2. The summed E-state index contributed by atoms with van der Waals surface area (Å²) < 4.78 is 6.72. The molecular formula is C21H20BN3+2. The average Bonchev–Trinajstić information content (AvgIpc) is 3.11. The second-order valence-electron chi connectivity index (χ2n) is 8.72. The highest BCUT2D eigenvalue weighted by atomic mass is 15.2. The molecule has 3 aromatic heterocycles. The van der Waals surface area contributed by atoms with E-state index in [1.165, 1.54) is 38.8 Å². The lowest BCUT2D eigenvalue weighted by Crippen LogP contribution is -2.44. The first-order valence-electron chi connectivity index (χ1n) is 8.97. The van der Waals surface area contributed by atoms with Gasteiger partial charge in [0, 0.05) is 28.0 Å². The van der Waals surface area contributed by atoms with Crippen molar-refractivity contribution in [2.75, 3.05) is 0 Å². The molecule has 4 aromatic rings. The van der Waals surface area contributed by atoms with Gasteiger partial charge < -0.3 is 0 Å². The van der Waals surface area contributed by atoms with Crippen molar-refractivity contribution in [2.24, 2.45) is 0 Å². The van der Waals surface area contributed by atoms with Crippen LogP contribution in [0.1, 0.15) is 44.5 Å². The number of rotatable bonds is 0. The Bertz CT molecular complexity index is 1280. The minimum Gasteiger partial charge on any atom is -0.285 e. The SMILES string of the molecule is [B][n+]1ccc2c3c1c1cccc4c1n1c(c[n+](c31)C2)C(C)(C)C4(C)C. The topological polar surface area (TPSA) is 12.2 Å². The van der Waals surface area contributed by atoms with Crippen LogP contribution in [-0.4, -0.2) is 12.4 Å². The van der Waals surface area contributed by atoms with Gasteiger partial charge in [0.1, 0.15) is 24.3 Å². The van der Waals surface area contributed by atoms with Gasteiger partial charge in [-0.15, -0.1) is 0 Å². The van der Waals surface area contributed by atoms with Crippen LogP contribution in [0.15, 0.2) is 36.7 Å². The van der Waals surface area contributed by atoms with Gasteiger partial charge in [0.25, 0.3) is 0 Å². The summed E-state index contributed by atoms with van der Waals surface area (Å²) in [6.45, 7) is 10.4. The van der Waals surface area contributed by atoms with Gasteiger partial charge in [-0.25, -0.2) is 4.57 Å². The molecule has 0 amide bonds. The Balaban J connectivity index is 2.07. The van der Waals surface area contributed by atoms with Gasteiger partial charge in [-0.2, -0.15) is 4.40 Å². The van der Waals surface area contributed by atoms with Crippen molar-refractivity contribution in [3.05, 3.63) is 53.5 Å². The highest BCUT2D eigenvalue weighted by Gasteiger charge is 2.51. The maximum Gasteiger partial charge on any atom is 0.586 e. The van der Waals surface area contributed by atoms with E-state index in [0.29, 0.717) is 0 Å². The first-order chi connectivity index (χ1) is 11.8. The number of hydrogen-bond donors (Lipinski definition) is 0. The minimum atomic E-state index is 0.0372. The average molecular weight is 325 g/mol. The fourth-order valence-electron chi connectivity index (χ4n) is 5.14. The van der Waals surface area contributed by atoms with Crippen molar-refractivity contribution in [3.8, 4) is 0 Å². The Labute approximate surface area is 147 Å². The number of aromatic nitrogens is 3. The number of hydrogen-bond acceptors (Lipinski definition) is 0. The Kier molecular flexibility index (Phi) is 2.08. The van der Waals surface area contributed by atoms with Gasteiger partial charge in [-0.3, -0.25) is 4.48 Å². The maximum atomic E-state index is 6.40. The third-order valence-corrected chi connectivity index (χ3v) is 7.21. The van der Waals surface area contributed by atoms with E-state index in [4.69, 9.17) is 7.98 Å². The molecule has 0 atom stereocenters. The Morgan fingerprint density at radius 2 is 1.88 bits per heavy atom. The van der Waals surface area contributed by atoms with Crippen molar-refractivity contribution in [1.29, 1.82) is 0 Å². The molecule has 25 heavy (non-hydrogen) atoms. The predicted molar refractivity (Wildman–Crippen MR) is 99.1 cm³/mol. The van der Waals surface area contributed by atoms with Crippen LogP contribution in [0.3, 0.4) is 0 Å². The lowest BCUT2D eigenvalue weighted by molar-refractivity contribution is -0.657. The molecule has 0 aliphatic carbocycles. The summed E-state index contributed by atoms with van der Waals surface area (Å²) in [4.78, 5) is 0. The van der Waals surface area contributed by atoms with Gasteiger partial charge in [0.2, 0.25) is 5.52 Å². The van der Waals surface area contributed by atoms with Gasteiger partial charge in [-0.05, 0) is 6.07 Å². The second kappa shape index (κ2) is 3.74. The Hall–Kier alpha value is -2.36. The highest BCUT2D eigenvalue weighted by Crippen LogP contribution is 2.51. The predicted octanol–water partition coefficient (Wildman–Crippen LogP) is 2.68. The summed E-state index contributed by atoms with van der Waals surface area (Å²) >= 11 is 0. The molecule has 0 N–H and O–H groups in total. The maximum absolute atomic E-state index is 6.40. The first kappa shape index (κ1) is 13.9. The van der Waals surface area contributed by atoms with Gasteiger partial charge in [0.15, 0.2) is 11.2 Å². The van der Waals surface area contributed by atoms with Crippen LogP contribution in [0.2, 0.25) is 0 Å². The van der Waals surface area contributed by atoms with Gasteiger partial charge in [0.05, 0.1) is 5.39 Å². The molecule has 5 heterocycles. The van der Waals surface area contributed by atoms with E-state index in [9.17, 15) is 0 Å². The summed E-state index contributed by atoms with van der Waals surface area (Å²) in [6.07, 6.45) is 4.36. The molecule has 0 fully saturated rings. The Morgan fingerprint density at radius 3 is 2.68 bits per heavy atom.